The molecule has 1 atom stereocenters. The largest absolute Gasteiger partial charge is 0.372 e. The summed E-state index contributed by atoms with van der Waals surface area (Å²) < 4.78 is 8.24. The molecule has 2 aromatic carbocycles. The van der Waals surface area contributed by atoms with Crippen LogP contribution in [0, 0.1) is 0 Å². The zero-order valence-corrected chi connectivity index (χ0v) is 16.6. The van der Waals surface area contributed by atoms with Crippen LogP contribution in [0.25, 0.3) is 0 Å². The predicted molar refractivity (Wildman–Crippen MR) is 111 cm³/mol. The molecule has 0 fully saturated rings. The fourth-order valence-corrected chi connectivity index (χ4v) is 3.06. The van der Waals surface area contributed by atoms with Gasteiger partial charge in [0.1, 0.15) is 0 Å². The van der Waals surface area contributed by atoms with Gasteiger partial charge in [0.15, 0.2) is 0 Å². The minimum atomic E-state index is -0.0772. The molecule has 0 saturated carbocycles. The summed E-state index contributed by atoms with van der Waals surface area (Å²) in [6, 6.07) is 15.7. The van der Waals surface area contributed by atoms with Crippen LogP contribution in [0.1, 0.15) is 24.5 Å². The topological polar surface area (TPSA) is 56.1 Å². The minimum absolute atomic E-state index is 0.0555. The van der Waals surface area contributed by atoms with Crippen molar-refractivity contribution in [1.29, 1.82) is 0 Å². The first-order chi connectivity index (χ1) is 13.6. The van der Waals surface area contributed by atoms with Gasteiger partial charge in [0.25, 0.3) is 0 Å². The van der Waals surface area contributed by atoms with Crippen LogP contribution in [0.4, 0.5) is 5.69 Å². The summed E-state index contributed by atoms with van der Waals surface area (Å²) in [5.74, 6) is -0.0772. The summed E-state index contributed by atoms with van der Waals surface area (Å²) in [5.41, 5.74) is 3.09. The van der Waals surface area contributed by atoms with Gasteiger partial charge in [-0.05, 0) is 48.2 Å². The molecule has 1 heterocycles. The Labute approximate surface area is 170 Å². The van der Waals surface area contributed by atoms with Crippen LogP contribution < -0.4 is 5.32 Å². The van der Waals surface area contributed by atoms with E-state index in [1.54, 1.807) is 12.5 Å². The minimum Gasteiger partial charge on any atom is -0.372 e. The molecule has 0 spiro atoms. The number of halogens is 1. The van der Waals surface area contributed by atoms with E-state index in [-0.39, 0.29) is 12.0 Å². The fraction of sp³-hybridized carbons (Fsp3) is 0.273. The number of carbonyl (C=O) groups excluding carboxylic acids is 1. The van der Waals surface area contributed by atoms with Crippen LogP contribution in [-0.4, -0.2) is 21.6 Å². The Morgan fingerprint density at radius 1 is 1.14 bits per heavy atom. The highest BCUT2D eigenvalue weighted by atomic mass is 35.5. The Kier molecular flexibility index (Phi) is 7.23. The summed E-state index contributed by atoms with van der Waals surface area (Å²) in [5, 5.41) is 3.52. The first kappa shape index (κ1) is 20.1. The lowest BCUT2D eigenvalue weighted by atomic mass is 10.1. The van der Waals surface area contributed by atoms with Gasteiger partial charge < -0.3 is 14.6 Å². The first-order valence-corrected chi connectivity index (χ1v) is 9.64. The molecule has 6 heteroatoms. The van der Waals surface area contributed by atoms with E-state index >= 15 is 0 Å². The van der Waals surface area contributed by atoms with E-state index in [1.807, 2.05) is 47.2 Å². The smallest absolute Gasteiger partial charge is 0.221 e. The Morgan fingerprint density at radius 2 is 1.86 bits per heavy atom. The van der Waals surface area contributed by atoms with E-state index in [9.17, 15) is 4.79 Å². The summed E-state index contributed by atoms with van der Waals surface area (Å²) in [7, 11) is 0. The third kappa shape index (κ3) is 6.51. The number of aromatic nitrogens is 2. The molecular formula is C22H24ClN3O2. The molecule has 28 heavy (non-hydrogen) atoms. The number of benzene rings is 2. The average molecular weight is 398 g/mol. The van der Waals surface area contributed by atoms with Crippen LogP contribution >= 0.6 is 11.6 Å². The highest BCUT2D eigenvalue weighted by Gasteiger charge is 2.11. The fourth-order valence-electron chi connectivity index (χ4n) is 2.94. The third-order valence-electron chi connectivity index (χ3n) is 4.40. The summed E-state index contributed by atoms with van der Waals surface area (Å²) in [6.45, 7) is 2.76. The van der Waals surface area contributed by atoms with Gasteiger partial charge in [-0.3, -0.25) is 4.79 Å². The zero-order chi connectivity index (χ0) is 19.8. The van der Waals surface area contributed by atoms with Gasteiger partial charge in [0.2, 0.25) is 5.91 Å². The number of ether oxygens (including phenoxy) is 1. The number of hydrogen-bond donors (Lipinski definition) is 1. The Bertz CT molecular complexity index is 862. The van der Waals surface area contributed by atoms with E-state index in [2.05, 4.69) is 22.4 Å². The molecule has 0 aliphatic heterocycles. The van der Waals surface area contributed by atoms with Gasteiger partial charge in [-0.25, -0.2) is 4.98 Å². The molecular weight excluding hydrogens is 374 g/mol. The Hall–Kier alpha value is -2.63. The number of hydrogen-bond acceptors (Lipinski definition) is 3. The molecule has 1 unspecified atom stereocenters. The quantitative estimate of drug-likeness (QED) is 0.568. The lowest BCUT2D eigenvalue weighted by Gasteiger charge is -2.19. The van der Waals surface area contributed by atoms with Gasteiger partial charge in [-0.15, -0.1) is 0 Å². The third-order valence-corrected chi connectivity index (χ3v) is 4.65. The van der Waals surface area contributed by atoms with Crippen molar-refractivity contribution in [3.63, 3.8) is 0 Å². The van der Waals surface area contributed by atoms with Gasteiger partial charge in [-0.1, -0.05) is 35.9 Å². The lowest BCUT2D eigenvalue weighted by molar-refractivity contribution is -0.114. The second kappa shape index (κ2) is 10.1. The number of nitrogens with one attached hydrogen (secondary N) is 1. The van der Waals surface area contributed by atoms with Crippen LogP contribution in [0.15, 0.2) is 67.3 Å². The van der Waals surface area contributed by atoms with Gasteiger partial charge in [0, 0.05) is 36.6 Å². The van der Waals surface area contributed by atoms with Crippen molar-refractivity contribution in [2.75, 3.05) is 5.32 Å². The summed E-state index contributed by atoms with van der Waals surface area (Å²) in [4.78, 5) is 15.2. The molecule has 146 valence electrons. The molecule has 1 aromatic heterocycles. The van der Waals surface area contributed by atoms with Crippen LogP contribution in [0.5, 0.6) is 0 Å². The van der Waals surface area contributed by atoms with E-state index in [0.717, 1.165) is 35.7 Å². The molecule has 0 aliphatic carbocycles. The monoisotopic (exact) mass is 397 g/mol. The maximum absolute atomic E-state index is 11.1. The van der Waals surface area contributed by atoms with Gasteiger partial charge in [-0.2, -0.15) is 0 Å². The van der Waals surface area contributed by atoms with Crippen LogP contribution in [0.2, 0.25) is 5.02 Å². The van der Waals surface area contributed by atoms with Crippen molar-refractivity contribution in [3.05, 3.63) is 83.4 Å². The van der Waals surface area contributed by atoms with Gasteiger partial charge in [0.05, 0.1) is 19.0 Å². The average Bonchev–Trinajstić information content (AvgIpc) is 3.19. The molecule has 0 bridgehead atoms. The maximum Gasteiger partial charge on any atom is 0.221 e. The lowest BCUT2D eigenvalue weighted by Crippen LogP contribution is -2.20. The standard InChI is InChI=1S/C22H24ClN3O2/c1-17(27)25-21-9-4-19(5-10-21)15-28-22(14-26-13-12-24-16-26)11-6-18-2-7-20(23)8-3-18/h2-5,7-10,12-13,16,22H,6,11,14-15H2,1H3,(H,25,27). The number of aryl methyl sites for hydroxylation is 1. The number of amides is 1. The number of nitrogens with zero attached hydrogens (tertiary/aromatic N) is 2. The molecule has 1 N–H and O–H groups in total. The molecule has 0 saturated heterocycles. The molecule has 5 nitrogen and oxygen atoms in total. The Balaban J connectivity index is 1.58. The van der Waals surface area contributed by atoms with E-state index in [1.165, 1.54) is 12.5 Å². The van der Waals surface area contributed by atoms with Gasteiger partial charge >= 0.3 is 0 Å². The van der Waals surface area contributed by atoms with Crippen molar-refractivity contribution in [1.82, 2.24) is 9.55 Å². The second-order valence-electron chi connectivity index (χ2n) is 6.74. The normalized spacial score (nSPS) is 11.9. The molecule has 1 amide bonds. The first-order valence-electron chi connectivity index (χ1n) is 9.27. The number of carbonyl (C=O) groups is 1. The predicted octanol–water partition coefficient (Wildman–Crippen LogP) is 4.71. The van der Waals surface area contributed by atoms with E-state index < -0.39 is 0 Å². The van der Waals surface area contributed by atoms with Crippen molar-refractivity contribution < 1.29 is 9.53 Å². The zero-order valence-electron chi connectivity index (χ0n) is 15.8. The van der Waals surface area contributed by atoms with Crippen LogP contribution in [0.3, 0.4) is 0 Å². The van der Waals surface area contributed by atoms with Crippen molar-refractivity contribution in [2.45, 2.75) is 39.0 Å². The van der Waals surface area contributed by atoms with Crippen molar-refractivity contribution in [3.8, 4) is 0 Å². The van der Waals surface area contributed by atoms with E-state index in [4.69, 9.17) is 16.3 Å². The summed E-state index contributed by atoms with van der Waals surface area (Å²) >= 11 is 5.97. The number of anilines is 1. The molecule has 0 radical (unpaired) electrons. The molecule has 0 aliphatic rings. The molecule has 3 aromatic rings. The maximum atomic E-state index is 11.1. The van der Waals surface area contributed by atoms with Crippen LogP contribution in [-0.2, 0) is 29.1 Å². The highest BCUT2D eigenvalue weighted by Crippen LogP contribution is 2.16. The highest BCUT2D eigenvalue weighted by molar-refractivity contribution is 6.30. The SMILES string of the molecule is CC(=O)Nc1ccc(COC(CCc2ccc(Cl)cc2)Cn2ccnc2)cc1. The summed E-state index contributed by atoms with van der Waals surface area (Å²) in [6.07, 6.45) is 7.39. The number of imidazole rings is 1. The second-order valence-corrected chi connectivity index (χ2v) is 7.17. The van der Waals surface area contributed by atoms with Crippen molar-refractivity contribution in [2.24, 2.45) is 0 Å². The number of rotatable bonds is 9. The Morgan fingerprint density at radius 3 is 2.50 bits per heavy atom. The molecule has 3 rings (SSSR count). The van der Waals surface area contributed by atoms with Crippen molar-refractivity contribution >= 4 is 23.2 Å². The van der Waals surface area contributed by atoms with E-state index in [0.29, 0.717) is 6.61 Å².